The van der Waals surface area contributed by atoms with Crippen molar-refractivity contribution in [2.24, 2.45) is 106 Å². The standard InChI is InChI=1S/C68H116N2O8.C58H88N2O6/c1-49(2)13-7-9-15-51-17-23-61-57(51)29-31-63-59-27-21-55(47-53(59)19-25-65(61)63)75-41-33-67(71)77-39-11-35-69(5)37-43-73-45-46-74-44-38-70(6)36-12-40-78-68(72)34-42-76-56-22-28-60-54(48-56)20-26-66-62-24-18-52(16-10-8-14-50(3)4)58(62)30-32-64(60)66;1-45(21-23-53-49(5)19-13-29-57(53,7)8)15-11-17-47(3)41-55(61)65-35-27-51-25-31-59(43-51)33-37-63-39-40-64-38-34-60-32-26-52(44-60)28-36-66-56(62)42-48(4)18-12-16-46(2)22-24-54-50(6)20-14-30-58(54,9)10/h19-20,49-52,55-66H,7-18,21-48H2,1-6H3;11-12,15-18,21-24,41-42,51-52H,13-14,19-20,25-40,43-44H2,1-10H3/b;17-11+,18-12+,23-21+,24-22+,45-15+,46-16+,47-41+,48-42+. The second kappa shape index (κ2) is 63.6. The molecule has 0 aromatic carbocycles. The van der Waals surface area contributed by atoms with Gasteiger partial charge in [-0.05, 0) is 376 Å². The van der Waals surface area contributed by atoms with Crippen LogP contribution in [0.4, 0.5) is 0 Å². The van der Waals surface area contributed by atoms with Gasteiger partial charge in [0.05, 0.1) is 118 Å². The predicted octanol–water partition coefficient (Wildman–Crippen LogP) is 26.9. The Kier molecular flexibility index (Phi) is 52.4. The van der Waals surface area contributed by atoms with Crippen LogP contribution in [0.1, 0.15) is 341 Å². The van der Waals surface area contributed by atoms with E-state index in [-0.39, 0.29) is 46.9 Å². The normalized spacial score (nSPS) is 28.0. The Bertz CT molecular complexity index is 3980. The molecule has 812 valence electrons. The van der Waals surface area contributed by atoms with Crippen LogP contribution in [0, 0.1) is 106 Å². The van der Waals surface area contributed by atoms with Crippen LogP contribution >= 0.6 is 0 Å². The van der Waals surface area contributed by atoms with E-state index in [1.54, 1.807) is 23.3 Å². The highest BCUT2D eigenvalue weighted by molar-refractivity contribution is 5.83. The van der Waals surface area contributed by atoms with Crippen molar-refractivity contribution in [3.63, 3.8) is 0 Å². The van der Waals surface area contributed by atoms with Gasteiger partial charge in [-0.3, -0.25) is 9.59 Å². The molecule has 0 aromatic rings. The summed E-state index contributed by atoms with van der Waals surface area (Å²) in [6.07, 6.45) is 76.6. The van der Waals surface area contributed by atoms with E-state index >= 15 is 0 Å². The fourth-order valence-electron chi connectivity index (χ4n) is 27.6. The minimum atomic E-state index is -0.275. The van der Waals surface area contributed by atoms with Gasteiger partial charge in [0.15, 0.2) is 0 Å². The molecule has 12 rings (SSSR count). The van der Waals surface area contributed by atoms with E-state index in [9.17, 15) is 19.2 Å². The minimum absolute atomic E-state index is 0.151. The maximum absolute atomic E-state index is 12.5. The number of likely N-dealkylation sites (N-methyl/N-ethyl adjacent to an activating group) is 2. The molecule has 0 radical (unpaired) electrons. The first kappa shape index (κ1) is 119. The Hall–Kier alpha value is -5.64. The zero-order valence-electron chi connectivity index (χ0n) is 93.8. The van der Waals surface area contributed by atoms with Gasteiger partial charge in [0, 0.05) is 64.5 Å². The topological polar surface area (TPSA) is 174 Å². The zero-order chi connectivity index (χ0) is 103. The van der Waals surface area contributed by atoms with Gasteiger partial charge < -0.3 is 67.0 Å². The molecule has 2 heterocycles. The van der Waals surface area contributed by atoms with Crippen molar-refractivity contribution in [2.75, 3.05) is 172 Å². The fraction of sp³-hybridized carbons (Fsp3) is 0.778. The lowest BCUT2D eigenvalue weighted by Gasteiger charge is -2.50. The summed E-state index contributed by atoms with van der Waals surface area (Å²) < 4.78 is 58.3. The highest BCUT2D eigenvalue weighted by atomic mass is 16.6. The Morgan fingerprint density at radius 2 is 0.812 bits per heavy atom. The average molecular weight is 2000 g/mol. The van der Waals surface area contributed by atoms with E-state index in [2.05, 4.69) is 165 Å². The Labute approximate surface area is 876 Å². The smallest absolute Gasteiger partial charge is 0.331 e. The number of unbranched alkanes of at least 4 members (excludes halogenated alkanes) is 2. The average Bonchev–Trinajstić information content (AvgIpc) is 1.53. The summed E-state index contributed by atoms with van der Waals surface area (Å²) in [6.45, 7) is 48.5. The van der Waals surface area contributed by atoms with Crippen LogP contribution in [0.25, 0.3) is 0 Å². The van der Waals surface area contributed by atoms with E-state index < -0.39 is 0 Å². The maximum Gasteiger partial charge on any atom is 0.331 e. The van der Waals surface area contributed by atoms with E-state index in [4.69, 9.17) is 47.4 Å². The molecule has 18 heteroatoms. The summed E-state index contributed by atoms with van der Waals surface area (Å²) in [5.41, 5.74) is 13.9. The second-order valence-electron chi connectivity index (χ2n) is 48.7. The van der Waals surface area contributed by atoms with E-state index in [1.165, 1.54) is 200 Å². The molecular formula is C126H204N4O14. The van der Waals surface area contributed by atoms with E-state index in [1.807, 2.05) is 38.2 Å². The van der Waals surface area contributed by atoms with Crippen molar-refractivity contribution in [3.05, 3.63) is 141 Å². The van der Waals surface area contributed by atoms with Crippen molar-refractivity contribution in [1.29, 1.82) is 0 Å². The lowest BCUT2D eigenvalue weighted by atomic mass is 9.56. The Morgan fingerprint density at radius 1 is 0.410 bits per heavy atom. The molecule has 6 saturated carbocycles. The summed E-state index contributed by atoms with van der Waals surface area (Å²) in [5, 5.41) is 0. The first-order valence-corrected chi connectivity index (χ1v) is 58.7. The zero-order valence-corrected chi connectivity index (χ0v) is 93.8. The lowest BCUT2D eigenvalue weighted by Crippen LogP contribution is -2.42. The van der Waals surface area contributed by atoms with Crippen molar-refractivity contribution in [3.8, 4) is 0 Å². The molecule has 10 aliphatic carbocycles. The molecule has 0 spiro atoms. The quantitative estimate of drug-likeness (QED) is 0.0140. The molecule has 2 saturated heterocycles. The number of rotatable bonds is 60. The Balaban J connectivity index is 0.000000279. The molecule has 12 aliphatic rings. The van der Waals surface area contributed by atoms with Gasteiger partial charge in [-0.2, -0.15) is 0 Å². The number of carbonyl (C=O) groups excluding carboxylic acids is 4. The van der Waals surface area contributed by atoms with Crippen molar-refractivity contribution in [1.82, 2.24) is 19.6 Å². The second-order valence-corrected chi connectivity index (χ2v) is 48.7. The van der Waals surface area contributed by atoms with Crippen LogP contribution in [0.2, 0.25) is 0 Å². The van der Waals surface area contributed by atoms with E-state index in [0.29, 0.717) is 117 Å². The fourth-order valence-corrected chi connectivity index (χ4v) is 27.6. The summed E-state index contributed by atoms with van der Waals surface area (Å²) >= 11 is 0. The molecule has 0 N–H and O–H groups in total. The molecule has 2 aliphatic heterocycles. The van der Waals surface area contributed by atoms with E-state index in [0.717, 1.165) is 224 Å². The SMILES string of the molecule is CC(C)CCCCC1CCC2C1CCC1C3CCC(OCCC(=O)OCCCN(C)CCOCCOCCN(C)CCCOC(=O)CCOC4CCC5C(=CCC6C5CCC5C(CCCCC(C)C)CCC56)C4)CC3=CCC12.CC1=C(/C=C/C(C)=C/C=C/C(C)=C/C(=O)OCCC2CCN(CCOCCOCCN3CCC(CCOC(=O)/C=C(C)/C=C/C=C(C)/C=C/C4=C(C)CCCC4(C)C)C3)C2)C(C)(C)CCC1. The van der Waals surface area contributed by atoms with Gasteiger partial charge in [-0.1, -0.05) is 213 Å². The number of carbonyl (C=O) groups is 4. The maximum atomic E-state index is 12.5. The van der Waals surface area contributed by atoms with Gasteiger partial charge in [0.25, 0.3) is 0 Å². The molecule has 18 nitrogen and oxygen atoms in total. The first-order chi connectivity index (χ1) is 69.5. The molecule has 0 bridgehead atoms. The van der Waals surface area contributed by atoms with Gasteiger partial charge in [0.2, 0.25) is 0 Å². The molecule has 0 amide bonds. The lowest BCUT2D eigenvalue weighted by molar-refractivity contribution is -0.146. The summed E-state index contributed by atoms with van der Waals surface area (Å²) in [5.74, 6) is 13.1. The summed E-state index contributed by atoms with van der Waals surface area (Å²) in [7, 11) is 4.16. The molecule has 8 fully saturated rings. The van der Waals surface area contributed by atoms with Crippen molar-refractivity contribution < 1.29 is 66.5 Å². The van der Waals surface area contributed by atoms with Crippen LogP contribution in [0.15, 0.2) is 141 Å². The van der Waals surface area contributed by atoms with Gasteiger partial charge in [-0.25, -0.2) is 9.59 Å². The number of esters is 4. The Morgan fingerprint density at radius 3 is 1.22 bits per heavy atom. The summed E-state index contributed by atoms with van der Waals surface area (Å²) in [6, 6.07) is 0. The number of ether oxygens (including phenoxy) is 10. The number of nitrogens with zero attached hydrogens (tertiary/aromatic N) is 4. The first-order valence-electron chi connectivity index (χ1n) is 58.7. The van der Waals surface area contributed by atoms with Gasteiger partial charge in [0.1, 0.15) is 0 Å². The van der Waals surface area contributed by atoms with Crippen LogP contribution in [-0.4, -0.2) is 228 Å². The highest BCUT2D eigenvalue weighted by Gasteiger charge is 2.52. The largest absolute Gasteiger partial charge is 0.466 e. The van der Waals surface area contributed by atoms with Crippen LogP contribution in [-0.2, 0) is 66.5 Å². The number of hydrogen-bond acceptors (Lipinski definition) is 18. The van der Waals surface area contributed by atoms with Crippen LogP contribution < -0.4 is 0 Å². The highest BCUT2D eigenvalue weighted by Crippen LogP contribution is 2.61. The van der Waals surface area contributed by atoms with Crippen molar-refractivity contribution in [2.45, 2.75) is 353 Å². The number of hydrogen-bond donors (Lipinski definition) is 0. The molecule has 0 aromatic heterocycles. The van der Waals surface area contributed by atoms with Crippen molar-refractivity contribution >= 4 is 23.9 Å². The van der Waals surface area contributed by atoms with Crippen LogP contribution in [0.3, 0.4) is 0 Å². The summed E-state index contributed by atoms with van der Waals surface area (Å²) in [4.78, 5) is 59.3. The third kappa shape index (κ3) is 41.2. The minimum Gasteiger partial charge on any atom is -0.466 e. The predicted molar refractivity (Wildman–Crippen MR) is 589 cm³/mol. The number of fused-ring (bicyclic) bond motifs is 10. The number of allylic oxidation sites excluding steroid dienone is 20. The van der Waals surface area contributed by atoms with Gasteiger partial charge >= 0.3 is 23.9 Å². The van der Waals surface area contributed by atoms with Gasteiger partial charge in [-0.15, -0.1) is 0 Å². The molecule has 16 unspecified atom stereocenters. The molecule has 144 heavy (non-hydrogen) atoms. The van der Waals surface area contributed by atoms with Crippen LogP contribution in [0.5, 0.6) is 0 Å². The third-order valence-electron chi connectivity index (χ3n) is 35.8. The monoisotopic (exact) mass is 2000 g/mol. The molecular weight excluding hydrogens is 1790 g/mol. The molecule has 16 atom stereocenters. The third-order valence-corrected chi connectivity index (χ3v) is 35.8. The number of likely N-dealkylation sites (tertiary alicyclic amines) is 2.